The summed E-state index contributed by atoms with van der Waals surface area (Å²) < 4.78 is 13.2. The Morgan fingerprint density at radius 2 is 1.83 bits per heavy atom. The zero-order valence-electron chi connectivity index (χ0n) is 10.5. The Balaban J connectivity index is 2.47. The molecule has 2 rings (SSSR count). The average molecular weight is 239 g/mol. The van der Waals surface area contributed by atoms with Gasteiger partial charge in [0.1, 0.15) is 5.82 Å². The van der Waals surface area contributed by atoms with Crippen LogP contribution in [0.25, 0.3) is 0 Å². The molecule has 0 saturated carbocycles. The van der Waals surface area contributed by atoms with Crippen molar-refractivity contribution in [2.24, 2.45) is 0 Å². The molecule has 90 valence electrons. The summed E-state index contributed by atoms with van der Waals surface area (Å²) in [6, 6.07) is 12.7. The van der Waals surface area contributed by atoms with Gasteiger partial charge in [-0.2, -0.15) is 5.26 Å². The molecule has 0 aliphatic carbocycles. The monoisotopic (exact) mass is 239 g/mol. The van der Waals surface area contributed by atoms with Crippen molar-refractivity contribution in [3.63, 3.8) is 0 Å². The molecule has 0 saturated heterocycles. The highest BCUT2D eigenvalue weighted by molar-refractivity contribution is 5.49. The van der Waals surface area contributed by atoms with Gasteiger partial charge in [0.05, 0.1) is 11.6 Å². The zero-order chi connectivity index (χ0) is 13.1. The maximum atomic E-state index is 13.2. The highest BCUT2D eigenvalue weighted by atomic mass is 19.1. The second-order valence-electron chi connectivity index (χ2n) is 4.47. The number of nitrogens with zero attached hydrogens (tertiary/aromatic N) is 1. The molecule has 0 spiro atoms. The van der Waals surface area contributed by atoms with Crippen LogP contribution in [0.2, 0.25) is 0 Å². The second kappa shape index (κ2) is 5.01. The lowest BCUT2D eigenvalue weighted by atomic mass is 9.93. The van der Waals surface area contributed by atoms with Crippen molar-refractivity contribution >= 4 is 0 Å². The number of halogens is 1. The lowest BCUT2D eigenvalue weighted by Crippen LogP contribution is -1.99. The van der Waals surface area contributed by atoms with Gasteiger partial charge in [0.15, 0.2) is 0 Å². The second-order valence-corrected chi connectivity index (χ2v) is 4.47. The minimum absolute atomic E-state index is 0.240. The molecule has 0 atom stereocenters. The van der Waals surface area contributed by atoms with Crippen LogP contribution in [0.4, 0.5) is 4.39 Å². The molecule has 18 heavy (non-hydrogen) atoms. The number of hydrogen-bond acceptors (Lipinski definition) is 1. The first-order valence-corrected chi connectivity index (χ1v) is 5.85. The molecule has 2 heteroatoms. The van der Waals surface area contributed by atoms with Crippen molar-refractivity contribution in [1.29, 1.82) is 5.26 Å². The molecule has 0 radical (unpaired) electrons. The molecule has 0 fully saturated rings. The minimum atomic E-state index is -0.240. The molecule has 0 aliphatic rings. The number of hydrogen-bond donors (Lipinski definition) is 0. The molecule has 2 aromatic rings. The largest absolute Gasteiger partial charge is 0.207 e. The minimum Gasteiger partial charge on any atom is -0.207 e. The van der Waals surface area contributed by atoms with Crippen LogP contribution in [0.15, 0.2) is 36.4 Å². The maximum Gasteiger partial charge on any atom is 0.123 e. The Labute approximate surface area is 107 Å². The zero-order valence-corrected chi connectivity index (χ0v) is 10.5. The molecule has 0 amide bonds. The Hall–Kier alpha value is -2.14. The van der Waals surface area contributed by atoms with Crippen LogP contribution >= 0.6 is 0 Å². The van der Waals surface area contributed by atoms with Crippen molar-refractivity contribution in [2.75, 3.05) is 0 Å². The van der Waals surface area contributed by atoms with Crippen molar-refractivity contribution in [1.82, 2.24) is 0 Å². The quantitative estimate of drug-likeness (QED) is 0.779. The molecule has 0 N–H and O–H groups in total. The number of aryl methyl sites for hydroxylation is 2. The van der Waals surface area contributed by atoms with Gasteiger partial charge in [-0.1, -0.05) is 24.3 Å². The molecule has 0 bridgehead atoms. The first kappa shape index (κ1) is 12.3. The van der Waals surface area contributed by atoms with Gasteiger partial charge in [-0.25, -0.2) is 4.39 Å². The van der Waals surface area contributed by atoms with Crippen LogP contribution < -0.4 is 0 Å². The van der Waals surface area contributed by atoms with E-state index in [1.165, 1.54) is 12.1 Å². The Kier molecular flexibility index (Phi) is 3.43. The molecule has 1 nitrogen and oxygen atoms in total. The normalized spacial score (nSPS) is 10.1. The van der Waals surface area contributed by atoms with E-state index < -0.39 is 0 Å². The summed E-state index contributed by atoms with van der Waals surface area (Å²) in [7, 11) is 0. The predicted molar refractivity (Wildman–Crippen MR) is 69.8 cm³/mol. The average Bonchev–Trinajstić information content (AvgIpc) is 2.34. The van der Waals surface area contributed by atoms with Gasteiger partial charge in [0.25, 0.3) is 0 Å². The lowest BCUT2D eigenvalue weighted by molar-refractivity contribution is 0.626. The van der Waals surface area contributed by atoms with Gasteiger partial charge >= 0.3 is 0 Å². The van der Waals surface area contributed by atoms with E-state index in [9.17, 15) is 9.65 Å². The van der Waals surface area contributed by atoms with Crippen molar-refractivity contribution in [2.45, 2.75) is 20.3 Å². The number of nitriles is 1. The fraction of sp³-hybridized carbons (Fsp3) is 0.188. The van der Waals surface area contributed by atoms with Gasteiger partial charge in [-0.3, -0.25) is 0 Å². The first-order chi connectivity index (χ1) is 8.61. The van der Waals surface area contributed by atoms with Gasteiger partial charge < -0.3 is 0 Å². The van der Waals surface area contributed by atoms with E-state index in [0.29, 0.717) is 12.0 Å². The summed E-state index contributed by atoms with van der Waals surface area (Å²) >= 11 is 0. The fourth-order valence-corrected chi connectivity index (χ4v) is 2.10. The van der Waals surface area contributed by atoms with E-state index in [1.54, 1.807) is 6.07 Å². The molecule has 0 aromatic heterocycles. The van der Waals surface area contributed by atoms with Crippen LogP contribution in [0, 0.1) is 31.0 Å². The van der Waals surface area contributed by atoms with Gasteiger partial charge in [0, 0.05) is 0 Å². The highest BCUT2D eigenvalue weighted by Crippen LogP contribution is 2.21. The van der Waals surface area contributed by atoms with Crippen LogP contribution in [0.3, 0.4) is 0 Å². The smallest absolute Gasteiger partial charge is 0.123 e. The van der Waals surface area contributed by atoms with Crippen LogP contribution in [0.5, 0.6) is 0 Å². The first-order valence-electron chi connectivity index (χ1n) is 5.85. The van der Waals surface area contributed by atoms with E-state index in [2.05, 4.69) is 6.07 Å². The summed E-state index contributed by atoms with van der Waals surface area (Å²) in [5, 5.41) is 9.23. The third-order valence-electron chi connectivity index (χ3n) is 3.14. The Bertz CT molecular complexity index is 623. The van der Waals surface area contributed by atoms with E-state index in [0.717, 1.165) is 22.3 Å². The van der Waals surface area contributed by atoms with Crippen molar-refractivity contribution in [3.05, 3.63) is 70.0 Å². The summed E-state index contributed by atoms with van der Waals surface area (Å²) in [5.74, 6) is -0.240. The van der Waals surface area contributed by atoms with Gasteiger partial charge in [0.2, 0.25) is 0 Å². The molecule has 0 heterocycles. The summed E-state index contributed by atoms with van der Waals surface area (Å²) in [6.45, 7) is 3.90. The van der Waals surface area contributed by atoms with Crippen LogP contribution in [0.1, 0.15) is 27.8 Å². The van der Waals surface area contributed by atoms with Crippen molar-refractivity contribution in [3.8, 4) is 6.07 Å². The third-order valence-corrected chi connectivity index (χ3v) is 3.14. The lowest BCUT2D eigenvalue weighted by Gasteiger charge is -2.10. The molecule has 2 aromatic carbocycles. The Morgan fingerprint density at radius 3 is 2.50 bits per heavy atom. The maximum absolute atomic E-state index is 13.2. The molecule has 0 aliphatic heterocycles. The van der Waals surface area contributed by atoms with E-state index in [-0.39, 0.29) is 5.82 Å². The molecular formula is C16H14FN. The topological polar surface area (TPSA) is 23.8 Å². The van der Waals surface area contributed by atoms with E-state index >= 15 is 0 Å². The number of benzene rings is 2. The third kappa shape index (κ3) is 2.41. The highest BCUT2D eigenvalue weighted by Gasteiger charge is 2.09. The van der Waals surface area contributed by atoms with Crippen molar-refractivity contribution < 1.29 is 4.39 Å². The van der Waals surface area contributed by atoms with E-state index in [4.69, 9.17) is 0 Å². The van der Waals surface area contributed by atoms with Gasteiger partial charge in [-0.05, 0) is 54.7 Å². The molecule has 0 unspecified atom stereocenters. The standard InChI is InChI=1S/C16H14FN/c1-11-6-7-12(2)16(10-18)15(11)9-13-4-3-5-14(17)8-13/h3-8H,9H2,1-2H3. The summed E-state index contributed by atoms with van der Waals surface area (Å²) in [4.78, 5) is 0. The predicted octanol–water partition coefficient (Wildman–Crippen LogP) is 3.91. The van der Waals surface area contributed by atoms with Gasteiger partial charge in [-0.15, -0.1) is 0 Å². The van der Waals surface area contributed by atoms with E-state index in [1.807, 2.05) is 32.0 Å². The van der Waals surface area contributed by atoms with Crippen LogP contribution in [-0.2, 0) is 6.42 Å². The van der Waals surface area contributed by atoms with Crippen LogP contribution in [-0.4, -0.2) is 0 Å². The number of rotatable bonds is 2. The fourth-order valence-electron chi connectivity index (χ4n) is 2.10. The summed E-state index contributed by atoms with van der Waals surface area (Å²) in [6.07, 6.45) is 0.591. The SMILES string of the molecule is Cc1ccc(C)c(Cc2cccc(F)c2)c1C#N. The Morgan fingerprint density at radius 1 is 1.11 bits per heavy atom. The summed E-state index contributed by atoms with van der Waals surface area (Å²) in [5.41, 5.74) is 4.62. The molecular weight excluding hydrogens is 225 g/mol.